The maximum Gasteiger partial charge on any atom is 0.412 e. The van der Waals surface area contributed by atoms with Crippen molar-refractivity contribution in [2.45, 2.75) is 0 Å². The number of carbonyl (C=O) groups is 1. The van der Waals surface area contributed by atoms with Crippen LogP contribution in [-0.2, 0) is 4.74 Å². The molecule has 0 fully saturated rings. The van der Waals surface area contributed by atoms with E-state index in [0.29, 0.717) is 0 Å². The highest BCUT2D eigenvalue weighted by Gasteiger charge is 2.14. The Bertz CT molecular complexity index is 507. The van der Waals surface area contributed by atoms with Crippen molar-refractivity contribution in [3.8, 4) is 11.8 Å². The van der Waals surface area contributed by atoms with E-state index in [1.54, 1.807) is 6.07 Å². The third-order valence-electron chi connectivity index (χ3n) is 1.80. The number of anilines is 1. The summed E-state index contributed by atoms with van der Waals surface area (Å²) in [5, 5.41) is 12.9. The predicted molar refractivity (Wildman–Crippen MR) is 66.6 cm³/mol. The highest BCUT2D eigenvalue weighted by molar-refractivity contribution is 6.19. The number of benzene rings is 1. The molecule has 0 aliphatic heterocycles. The fraction of sp³-hybridized carbons (Fsp3) is 0.182. The van der Waals surface area contributed by atoms with Gasteiger partial charge < -0.3 is 4.74 Å². The van der Waals surface area contributed by atoms with E-state index in [2.05, 4.69) is 21.9 Å². The molecule has 18 heavy (non-hydrogen) atoms. The number of hydrogen-bond donors (Lipinski definition) is 1. The Morgan fingerprint density at radius 3 is 2.83 bits per heavy atom. The molecule has 0 atom stereocenters. The lowest BCUT2D eigenvalue weighted by Gasteiger charge is -2.04. The van der Waals surface area contributed by atoms with Gasteiger partial charge in [0.15, 0.2) is 6.61 Å². The van der Waals surface area contributed by atoms with Gasteiger partial charge in [0, 0.05) is 6.07 Å². The van der Waals surface area contributed by atoms with Crippen LogP contribution in [0.3, 0.4) is 0 Å². The van der Waals surface area contributed by atoms with Gasteiger partial charge in [-0.25, -0.2) is 4.79 Å². The normalized spacial score (nSPS) is 8.94. The molecule has 1 amide bonds. The number of amides is 1. The van der Waals surface area contributed by atoms with Crippen LogP contribution in [0.25, 0.3) is 0 Å². The first-order valence-corrected chi connectivity index (χ1v) is 5.37. The standard InChI is InChI=1S/C11H9ClN2O4/c12-7-3-4-8-18-11(15)13-9-5-1-2-6-10(9)14(16)17/h1-2,5-6H,7-8H2,(H,13,15). The van der Waals surface area contributed by atoms with E-state index < -0.39 is 11.0 Å². The van der Waals surface area contributed by atoms with Gasteiger partial charge in [0.05, 0.1) is 10.8 Å². The number of nitro benzene ring substituents is 1. The summed E-state index contributed by atoms with van der Waals surface area (Å²) in [6.45, 7) is -0.126. The number of nitrogens with zero attached hydrogens (tertiary/aromatic N) is 1. The van der Waals surface area contributed by atoms with Gasteiger partial charge in [-0.3, -0.25) is 15.4 Å². The van der Waals surface area contributed by atoms with Crippen LogP contribution >= 0.6 is 11.6 Å². The molecule has 0 aromatic heterocycles. The molecule has 0 saturated heterocycles. The van der Waals surface area contributed by atoms with E-state index in [9.17, 15) is 14.9 Å². The molecule has 1 N–H and O–H groups in total. The van der Waals surface area contributed by atoms with Gasteiger partial charge in [-0.1, -0.05) is 24.0 Å². The zero-order valence-corrected chi connectivity index (χ0v) is 9.94. The molecule has 0 radical (unpaired) electrons. The average Bonchev–Trinajstić information content (AvgIpc) is 2.35. The number of nitro groups is 1. The van der Waals surface area contributed by atoms with Crippen molar-refractivity contribution in [2.24, 2.45) is 0 Å². The Hall–Kier alpha value is -2.26. The molecule has 0 spiro atoms. The molecule has 0 aliphatic rings. The van der Waals surface area contributed by atoms with E-state index in [-0.39, 0.29) is 23.9 Å². The Kier molecular flexibility index (Phi) is 5.48. The van der Waals surface area contributed by atoms with Gasteiger partial charge in [-0.2, -0.15) is 0 Å². The Morgan fingerprint density at radius 1 is 1.44 bits per heavy atom. The lowest BCUT2D eigenvalue weighted by atomic mass is 10.3. The highest BCUT2D eigenvalue weighted by Crippen LogP contribution is 2.23. The summed E-state index contributed by atoms with van der Waals surface area (Å²) in [6.07, 6.45) is -0.812. The van der Waals surface area contributed by atoms with Crippen molar-refractivity contribution in [3.05, 3.63) is 34.4 Å². The topological polar surface area (TPSA) is 81.5 Å². The van der Waals surface area contributed by atoms with E-state index >= 15 is 0 Å². The SMILES string of the molecule is O=C(Nc1ccccc1[N+](=O)[O-])OCC#CCCl. The van der Waals surface area contributed by atoms with Gasteiger partial charge in [-0.05, 0) is 6.07 Å². The van der Waals surface area contributed by atoms with Crippen molar-refractivity contribution in [1.82, 2.24) is 0 Å². The number of rotatable bonds is 3. The van der Waals surface area contributed by atoms with Crippen molar-refractivity contribution < 1.29 is 14.5 Å². The van der Waals surface area contributed by atoms with Crippen molar-refractivity contribution >= 4 is 29.1 Å². The molecule has 1 rings (SSSR count). The molecule has 0 unspecified atom stereocenters. The molecule has 1 aromatic carbocycles. The van der Waals surface area contributed by atoms with Gasteiger partial charge in [0.2, 0.25) is 0 Å². The summed E-state index contributed by atoms with van der Waals surface area (Å²) in [6, 6.07) is 5.75. The molecule has 0 bridgehead atoms. The molecule has 0 saturated carbocycles. The van der Waals surface area contributed by atoms with Gasteiger partial charge in [-0.15, -0.1) is 11.6 Å². The maximum atomic E-state index is 11.3. The van der Waals surface area contributed by atoms with Crippen LogP contribution in [0.15, 0.2) is 24.3 Å². The number of hydrogen-bond acceptors (Lipinski definition) is 4. The second-order valence-corrected chi connectivity index (χ2v) is 3.23. The smallest absolute Gasteiger partial charge is 0.412 e. The number of alkyl halides is 1. The van der Waals surface area contributed by atoms with Gasteiger partial charge in [0.1, 0.15) is 5.69 Å². The third kappa shape index (κ3) is 4.31. The van der Waals surface area contributed by atoms with E-state index in [1.807, 2.05) is 0 Å². The molecule has 6 nitrogen and oxygen atoms in total. The third-order valence-corrected chi connectivity index (χ3v) is 1.94. The van der Waals surface area contributed by atoms with Crippen LogP contribution in [0, 0.1) is 22.0 Å². The molecular weight excluding hydrogens is 260 g/mol. The van der Waals surface area contributed by atoms with Crippen LogP contribution in [0.1, 0.15) is 0 Å². The van der Waals surface area contributed by atoms with Crippen LogP contribution in [0.2, 0.25) is 0 Å². The number of para-hydroxylation sites is 2. The average molecular weight is 269 g/mol. The van der Waals surface area contributed by atoms with E-state index in [4.69, 9.17) is 11.6 Å². The molecule has 1 aromatic rings. The highest BCUT2D eigenvalue weighted by atomic mass is 35.5. The zero-order chi connectivity index (χ0) is 13.4. The minimum absolute atomic E-state index is 0.0674. The predicted octanol–water partition coefficient (Wildman–Crippen LogP) is 2.39. The maximum absolute atomic E-state index is 11.3. The summed E-state index contributed by atoms with van der Waals surface area (Å²) < 4.78 is 4.68. The molecule has 7 heteroatoms. The largest absolute Gasteiger partial charge is 0.436 e. The van der Waals surface area contributed by atoms with Crippen LogP contribution in [0.5, 0.6) is 0 Å². The summed E-state index contributed by atoms with van der Waals surface area (Å²) in [4.78, 5) is 21.4. The fourth-order valence-corrected chi connectivity index (χ4v) is 1.18. The summed E-state index contributed by atoms with van der Waals surface area (Å²) in [7, 11) is 0. The van der Waals surface area contributed by atoms with Crippen LogP contribution in [0.4, 0.5) is 16.2 Å². The number of nitrogens with one attached hydrogen (secondary N) is 1. The van der Waals surface area contributed by atoms with Crippen molar-refractivity contribution in [2.75, 3.05) is 17.8 Å². The first-order chi connectivity index (χ1) is 8.65. The molecular formula is C11H9ClN2O4. The van der Waals surface area contributed by atoms with Crippen LogP contribution < -0.4 is 5.32 Å². The summed E-state index contributed by atoms with van der Waals surface area (Å²) in [5.74, 6) is 5.14. The van der Waals surface area contributed by atoms with E-state index in [0.717, 1.165) is 0 Å². The number of ether oxygens (including phenoxy) is 1. The zero-order valence-electron chi connectivity index (χ0n) is 9.18. The second kappa shape index (κ2) is 7.14. The summed E-state index contributed by atoms with van der Waals surface area (Å²) in [5.41, 5.74) is -0.140. The second-order valence-electron chi connectivity index (χ2n) is 2.96. The Balaban J connectivity index is 2.62. The molecule has 94 valence electrons. The molecule has 0 heterocycles. The monoisotopic (exact) mass is 268 g/mol. The molecule has 0 aliphatic carbocycles. The quantitative estimate of drug-likeness (QED) is 0.395. The number of carbonyl (C=O) groups excluding carboxylic acids is 1. The van der Waals surface area contributed by atoms with Crippen molar-refractivity contribution in [1.29, 1.82) is 0 Å². The first kappa shape index (κ1) is 13.8. The van der Waals surface area contributed by atoms with Crippen LogP contribution in [-0.4, -0.2) is 23.5 Å². The lowest BCUT2D eigenvalue weighted by Crippen LogP contribution is -2.14. The van der Waals surface area contributed by atoms with E-state index in [1.165, 1.54) is 18.2 Å². The Labute approximate surface area is 108 Å². The summed E-state index contributed by atoms with van der Waals surface area (Å²) >= 11 is 5.30. The number of halogens is 1. The van der Waals surface area contributed by atoms with Gasteiger partial charge >= 0.3 is 6.09 Å². The Morgan fingerprint density at radius 2 is 2.17 bits per heavy atom. The van der Waals surface area contributed by atoms with Gasteiger partial charge in [0.25, 0.3) is 5.69 Å². The minimum Gasteiger partial charge on any atom is -0.436 e. The first-order valence-electron chi connectivity index (χ1n) is 4.84. The van der Waals surface area contributed by atoms with Crippen molar-refractivity contribution in [3.63, 3.8) is 0 Å². The fourth-order valence-electron chi connectivity index (χ4n) is 1.08. The minimum atomic E-state index is -0.812. The lowest BCUT2D eigenvalue weighted by molar-refractivity contribution is -0.383.